The highest BCUT2D eigenvalue weighted by molar-refractivity contribution is 5.88. The second-order valence-electron chi connectivity index (χ2n) is 5.00. The number of hydrogen-bond donors (Lipinski definition) is 0. The minimum atomic E-state index is -0.639. The molecule has 0 amide bonds. The second-order valence-corrected chi connectivity index (χ2v) is 5.00. The van der Waals surface area contributed by atoms with Crippen molar-refractivity contribution in [2.75, 3.05) is 0 Å². The quantitative estimate of drug-likeness (QED) is 0.796. The molecule has 1 aliphatic carbocycles. The Morgan fingerprint density at radius 2 is 2.28 bits per heavy atom. The van der Waals surface area contributed by atoms with Gasteiger partial charge in [0.25, 0.3) is 0 Å². The number of aromatic nitrogens is 1. The van der Waals surface area contributed by atoms with Crippen LogP contribution in [0.3, 0.4) is 0 Å². The molecule has 1 fully saturated rings. The van der Waals surface area contributed by atoms with Crippen molar-refractivity contribution in [3.05, 3.63) is 30.1 Å². The van der Waals surface area contributed by atoms with Crippen LogP contribution in [0.5, 0.6) is 0 Å². The number of carbonyl (C=O) groups is 1. The maximum Gasteiger partial charge on any atom is 0.154 e. The van der Waals surface area contributed by atoms with Crippen molar-refractivity contribution in [2.24, 2.45) is 5.92 Å². The van der Waals surface area contributed by atoms with E-state index in [9.17, 15) is 4.79 Å². The molecule has 1 unspecified atom stereocenters. The first-order chi connectivity index (χ1) is 8.81. The van der Waals surface area contributed by atoms with Crippen LogP contribution in [0.4, 0.5) is 0 Å². The first-order valence-corrected chi connectivity index (χ1v) is 6.63. The summed E-state index contributed by atoms with van der Waals surface area (Å²) in [6.07, 6.45) is 9.82. The van der Waals surface area contributed by atoms with Crippen molar-refractivity contribution in [2.45, 2.75) is 44.4 Å². The highest BCUT2D eigenvalue weighted by Gasteiger charge is 2.22. The SMILES string of the molecule is N#CC(C(=O)CCC1CCCC1)c1cccnc1. The molecule has 3 nitrogen and oxygen atoms in total. The smallest absolute Gasteiger partial charge is 0.154 e. The maximum atomic E-state index is 12.1. The normalized spacial score (nSPS) is 17.3. The van der Waals surface area contributed by atoms with Gasteiger partial charge < -0.3 is 0 Å². The summed E-state index contributed by atoms with van der Waals surface area (Å²) in [6, 6.07) is 5.67. The number of nitriles is 1. The predicted molar refractivity (Wildman–Crippen MR) is 68.8 cm³/mol. The fourth-order valence-corrected chi connectivity index (χ4v) is 2.67. The van der Waals surface area contributed by atoms with E-state index >= 15 is 0 Å². The van der Waals surface area contributed by atoms with Crippen molar-refractivity contribution in [1.82, 2.24) is 4.98 Å². The zero-order valence-corrected chi connectivity index (χ0v) is 10.5. The van der Waals surface area contributed by atoms with E-state index in [2.05, 4.69) is 11.1 Å². The van der Waals surface area contributed by atoms with Crippen LogP contribution in [-0.2, 0) is 4.79 Å². The first-order valence-electron chi connectivity index (χ1n) is 6.63. The third-order valence-electron chi connectivity index (χ3n) is 3.74. The van der Waals surface area contributed by atoms with Crippen LogP contribution in [0.15, 0.2) is 24.5 Å². The number of nitrogens with zero attached hydrogens (tertiary/aromatic N) is 2. The summed E-state index contributed by atoms with van der Waals surface area (Å²) >= 11 is 0. The minimum absolute atomic E-state index is 0.0393. The molecule has 1 aromatic heterocycles. The van der Waals surface area contributed by atoms with Gasteiger partial charge in [0.05, 0.1) is 6.07 Å². The van der Waals surface area contributed by atoms with E-state index in [0.29, 0.717) is 12.3 Å². The topological polar surface area (TPSA) is 53.8 Å². The summed E-state index contributed by atoms with van der Waals surface area (Å²) in [5.74, 6) is 0.0969. The van der Waals surface area contributed by atoms with Gasteiger partial charge in [-0.15, -0.1) is 0 Å². The molecule has 18 heavy (non-hydrogen) atoms. The number of ketones is 1. The van der Waals surface area contributed by atoms with Gasteiger partial charge in [-0.05, 0) is 24.0 Å². The van der Waals surface area contributed by atoms with Crippen molar-refractivity contribution in [1.29, 1.82) is 5.26 Å². The molecule has 1 heterocycles. The molecule has 94 valence electrons. The lowest BCUT2D eigenvalue weighted by atomic mass is 9.91. The summed E-state index contributed by atoms with van der Waals surface area (Å²) in [4.78, 5) is 16.1. The van der Waals surface area contributed by atoms with Gasteiger partial charge in [0.1, 0.15) is 5.92 Å². The molecule has 0 aromatic carbocycles. The average Bonchev–Trinajstić information content (AvgIpc) is 2.92. The molecule has 2 rings (SSSR count). The largest absolute Gasteiger partial charge is 0.298 e. The van der Waals surface area contributed by atoms with Gasteiger partial charge in [0.15, 0.2) is 5.78 Å². The minimum Gasteiger partial charge on any atom is -0.298 e. The number of carbonyl (C=O) groups excluding carboxylic acids is 1. The summed E-state index contributed by atoms with van der Waals surface area (Å²) in [5.41, 5.74) is 0.719. The van der Waals surface area contributed by atoms with Crippen LogP contribution in [0.1, 0.15) is 50.0 Å². The third-order valence-corrected chi connectivity index (χ3v) is 3.74. The predicted octanol–water partition coefficient (Wildman–Crippen LogP) is 3.23. The van der Waals surface area contributed by atoms with Crippen LogP contribution < -0.4 is 0 Å². The van der Waals surface area contributed by atoms with Crippen molar-refractivity contribution >= 4 is 5.78 Å². The Balaban J connectivity index is 1.92. The maximum absolute atomic E-state index is 12.1. The van der Waals surface area contributed by atoms with Gasteiger partial charge in [-0.2, -0.15) is 5.26 Å². The molecule has 0 saturated heterocycles. The molecule has 1 aliphatic rings. The van der Waals surface area contributed by atoms with Crippen LogP contribution in [0.25, 0.3) is 0 Å². The van der Waals surface area contributed by atoms with E-state index in [4.69, 9.17) is 5.26 Å². The molecule has 0 radical (unpaired) electrons. The Kier molecular flexibility index (Phi) is 4.46. The summed E-state index contributed by atoms with van der Waals surface area (Å²) in [7, 11) is 0. The Morgan fingerprint density at radius 3 is 2.89 bits per heavy atom. The number of pyridine rings is 1. The van der Waals surface area contributed by atoms with Crippen LogP contribution >= 0.6 is 0 Å². The molecule has 3 heteroatoms. The summed E-state index contributed by atoms with van der Waals surface area (Å²) in [5, 5.41) is 9.14. The lowest BCUT2D eigenvalue weighted by Gasteiger charge is -2.11. The van der Waals surface area contributed by atoms with Gasteiger partial charge in [0, 0.05) is 18.8 Å². The fourth-order valence-electron chi connectivity index (χ4n) is 2.67. The van der Waals surface area contributed by atoms with Gasteiger partial charge in [0.2, 0.25) is 0 Å². The molecule has 1 aromatic rings. The summed E-state index contributed by atoms with van der Waals surface area (Å²) in [6.45, 7) is 0. The Hall–Kier alpha value is -1.69. The van der Waals surface area contributed by atoms with E-state index in [-0.39, 0.29) is 5.78 Å². The molecule has 0 bridgehead atoms. The molecule has 0 N–H and O–H groups in total. The van der Waals surface area contributed by atoms with E-state index in [1.807, 2.05) is 0 Å². The average molecular weight is 242 g/mol. The van der Waals surface area contributed by atoms with Crippen LogP contribution in [0, 0.1) is 17.2 Å². The lowest BCUT2D eigenvalue weighted by Crippen LogP contribution is -2.12. The van der Waals surface area contributed by atoms with Crippen LogP contribution in [0.2, 0.25) is 0 Å². The van der Waals surface area contributed by atoms with Gasteiger partial charge in [-0.3, -0.25) is 9.78 Å². The zero-order valence-electron chi connectivity index (χ0n) is 10.5. The number of rotatable bonds is 5. The van der Waals surface area contributed by atoms with E-state index in [0.717, 1.165) is 12.0 Å². The summed E-state index contributed by atoms with van der Waals surface area (Å²) < 4.78 is 0. The van der Waals surface area contributed by atoms with E-state index in [1.165, 1.54) is 25.7 Å². The monoisotopic (exact) mass is 242 g/mol. The Bertz CT molecular complexity index is 430. The second kappa shape index (κ2) is 6.30. The lowest BCUT2D eigenvalue weighted by molar-refractivity contribution is -0.119. The van der Waals surface area contributed by atoms with Gasteiger partial charge in [-0.1, -0.05) is 31.7 Å². The van der Waals surface area contributed by atoms with E-state index in [1.54, 1.807) is 24.5 Å². The molecule has 1 saturated carbocycles. The molecular formula is C15H18N2O. The number of hydrogen-bond acceptors (Lipinski definition) is 3. The Labute approximate surface area is 108 Å². The Morgan fingerprint density at radius 1 is 1.50 bits per heavy atom. The molecular weight excluding hydrogens is 224 g/mol. The molecule has 0 spiro atoms. The third kappa shape index (κ3) is 3.16. The first kappa shape index (κ1) is 12.8. The highest BCUT2D eigenvalue weighted by Crippen LogP contribution is 2.29. The fraction of sp³-hybridized carbons (Fsp3) is 0.533. The van der Waals surface area contributed by atoms with Gasteiger partial charge in [-0.25, -0.2) is 0 Å². The molecule has 0 aliphatic heterocycles. The van der Waals surface area contributed by atoms with E-state index < -0.39 is 5.92 Å². The number of Topliss-reactive ketones (excluding diaryl/α,β-unsaturated/α-hetero) is 1. The standard InChI is InChI=1S/C15H18N2O/c16-10-14(13-6-3-9-17-11-13)15(18)8-7-12-4-1-2-5-12/h3,6,9,11-12,14H,1-2,4-5,7-8H2. The zero-order chi connectivity index (χ0) is 12.8. The molecule has 1 atom stereocenters. The van der Waals surface area contributed by atoms with Crippen molar-refractivity contribution in [3.8, 4) is 6.07 Å². The van der Waals surface area contributed by atoms with Crippen molar-refractivity contribution in [3.63, 3.8) is 0 Å². The van der Waals surface area contributed by atoms with Gasteiger partial charge >= 0.3 is 0 Å². The van der Waals surface area contributed by atoms with Crippen LogP contribution in [-0.4, -0.2) is 10.8 Å². The highest BCUT2D eigenvalue weighted by atomic mass is 16.1. The van der Waals surface area contributed by atoms with Crippen molar-refractivity contribution < 1.29 is 4.79 Å².